The maximum Gasteiger partial charge on any atom is 0.250 e. The van der Waals surface area contributed by atoms with E-state index in [1.54, 1.807) is 0 Å². The Labute approximate surface area is 124 Å². The highest BCUT2D eigenvalue weighted by atomic mass is 32.2. The lowest BCUT2D eigenvalue weighted by Gasteiger charge is -2.17. The molecule has 21 heavy (non-hydrogen) atoms. The Bertz CT molecular complexity index is 653. The molecule has 0 radical (unpaired) electrons. The summed E-state index contributed by atoms with van der Waals surface area (Å²) in [6, 6.07) is 7.51. The van der Waals surface area contributed by atoms with E-state index in [-0.39, 0.29) is 12.5 Å². The number of para-hydroxylation sites is 1. The van der Waals surface area contributed by atoms with Crippen molar-refractivity contribution in [1.29, 1.82) is 0 Å². The number of carbonyl (C=O) groups excluding carboxylic acids is 1. The highest BCUT2D eigenvalue weighted by Crippen LogP contribution is 2.25. The molecule has 0 aromatic heterocycles. The molecule has 1 aromatic rings. The SMILES string of the molecule is CS(=O)(=O)NCCCNC(=O)C1=Cc2ccccc2OC1. The highest BCUT2D eigenvalue weighted by molar-refractivity contribution is 7.88. The number of carbonyl (C=O) groups is 1. The van der Waals surface area contributed by atoms with Crippen molar-refractivity contribution >= 4 is 22.0 Å². The fourth-order valence-corrected chi connectivity index (χ4v) is 2.42. The zero-order valence-electron chi connectivity index (χ0n) is 11.8. The molecule has 1 heterocycles. The van der Waals surface area contributed by atoms with E-state index in [1.807, 2.05) is 30.3 Å². The first-order valence-corrected chi connectivity index (χ1v) is 8.50. The van der Waals surface area contributed by atoms with Crippen LogP contribution in [0, 0.1) is 0 Å². The van der Waals surface area contributed by atoms with Gasteiger partial charge in [-0.3, -0.25) is 4.79 Å². The summed E-state index contributed by atoms with van der Waals surface area (Å²) in [5.41, 5.74) is 1.44. The Hall–Kier alpha value is -1.86. The Kier molecular flexibility index (Phi) is 4.98. The number of hydrogen-bond acceptors (Lipinski definition) is 4. The molecule has 0 atom stereocenters. The normalized spacial score (nSPS) is 13.9. The van der Waals surface area contributed by atoms with E-state index >= 15 is 0 Å². The topological polar surface area (TPSA) is 84.5 Å². The van der Waals surface area contributed by atoms with Crippen LogP contribution in [0.3, 0.4) is 0 Å². The van der Waals surface area contributed by atoms with Gasteiger partial charge >= 0.3 is 0 Å². The van der Waals surface area contributed by atoms with Crippen LogP contribution in [-0.4, -0.2) is 40.3 Å². The van der Waals surface area contributed by atoms with E-state index in [2.05, 4.69) is 10.0 Å². The van der Waals surface area contributed by atoms with Gasteiger partial charge in [0.1, 0.15) is 12.4 Å². The fourth-order valence-electron chi connectivity index (χ4n) is 1.91. The first-order chi connectivity index (χ1) is 9.96. The van der Waals surface area contributed by atoms with Crippen LogP contribution in [0.1, 0.15) is 12.0 Å². The molecule has 1 aliphatic rings. The van der Waals surface area contributed by atoms with Crippen LogP contribution in [0.5, 0.6) is 5.75 Å². The predicted octanol–water partition coefficient (Wildman–Crippen LogP) is 0.518. The predicted molar refractivity (Wildman–Crippen MR) is 80.4 cm³/mol. The molecule has 0 saturated carbocycles. The second kappa shape index (κ2) is 6.73. The Morgan fingerprint density at radius 3 is 2.81 bits per heavy atom. The van der Waals surface area contributed by atoms with Gasteiger partial charge in [-0.25, -0.2) is 13.1 Å². The lowest BCUT2D eigenvalue weighted by Crippen LogP contribution is -2.31. The van der Waals surface area contributed by atoms with E-state index in [9.17, 15) is 13.2 Å². The summed E-state index contributed by atoms with van der Waals surface area (Å²) in [4.78, 5) is 12.0. The number of benzene rings is 1. The maximum atomic E-state index is 12.0. The summed E-state index contributed by atoms with van der Waals surface area (Å²) in [7, 11) is -3.17. The summed E-state index contributed by atoms with van der Waals surface area (Å²) in [6.45, 7) is 0.947. The van der Waals surface area contributed by atoms with Crippen LogP contribution in [0.15, 0.2) is 29.8 Å². The first-order valence-electron chi connectivity index (χ1n) is 6.61. The van der Waals surface area contributed by atoms with Crippen molar-refractivity contribution in [3.8, 4) is 5.75 Å². The molecule has 1 amide bonds. The molecule has 2 rings (SSSR count). The van der Waals surface area contributed by atoms with Crippen molar-refractivity contribution in [2.24, 2.45) is 0 Å². The van der Waals surface area contributed by atoms with E-state index in [4.69, 9.17) is 4.74 Å². The smallest absolute Gasteiger partial charge is 0.250 e. The largest absolute Gasteiger partial charge is 0.488 e. The molecule has 0 saturated heterocycles. The van der Waals surface area contributed by atoms with Crippen LogP contribution in [0.25, 0.3) is 6.08 Å². The third-order valence-corrected chi connectivity index (χ3v) is 3.66. The van der Waals surface area contributed by atoms with Crippen LogP contribution in [-0.2, 0) is 14.8 Å². The third-order valence-electron chi connectivity index (χ3n) is 2.93. The van der Waals surface area contributed by atoms with Gasteiger partial charge in [0.05, 0.1) is 11.8 Å². The van der Waals surface area contributed by atoms with Crippen LogP contribution in [0.2, 0.25) is 0 Å². The molecule has 7 heteroatoms. The van der Waals surface area contributed by atoms with Crippen molar-refractivity contribution in [3.63, 3.8) is 0 Å². The Morgan fingerprint density at radius 2 is 2.05 bits per heavy atom. The van der Waals surface area contributed by atoms with Crippen molar-refractivity contribution in [3.05, 3.63) is 35.4 Å². The molecule has 1 aromatic carbocycles. The van der Waals surface area contributed by atoms with Crippen molar-refractivity contribution < 1.29 is 17.9 Å². The zero-order valence-corrected chi connectivity index (χ0v) is 12.6. The average Bonchev–Trinajstić information content (AvgIpc) is 2.45. The number of hydrogen-bond donors (Lipinski definition) is 2. The van der Waals surface area contributed by atoms with Gasteiger partial charge in [0, 0.05) is 18.7 Å². The minimum absolute atomic E-state index is 0.191. The quantitative estimate of drug-likeness (QED) is 0.750. The maximum absolute atomic E-state index is 12.0. The summed E-state index contributed by atoms with van der Waals surface area (Å²) in [5.74, 6) is 0.579. The molecule has 0 unspecified atom stereocenters. The van der Waals surface area contributed by atoms with E-state index in [0.29, 0.717) is 25.1 Å². The van der Waals surface area contributed by atoms with Gasteiger partial charge in [0.2, 0.25) is 10.0 Å². The van der Waals surface area contributed by atoms with Crippen LogP contribution >= 0.6 is 0 Å². The summed E-state index contributed by atoms with van der Waals surface area (Å²) in [5, 5.41) is 2.75. The first kappa shape index (κ1) is 15.5. The van der Waals surface area contributed by atoms with Crippen molar-refractivity contribution in [1.82, 2.24) is 10.0 Å². The minimum Gasteiger partial charge on any atom is -0.488 e. The van der Waals surface area contributed by atoms with Gasteiger partial charge in [-0.2, -0.15) is 0 Å². The van der Waals surface area contributed by atoms with Gasteiger partial charge in [0.15, 0.2) is 0 Å². The van der Waals surface area contributed by atoms with Crippen LogP contribution in [0.4, 0.5) is 0 Å². The van der Waals surface area contributed by atoms with Gasteiger partial charge in [0.25, 0.3) is 5.91 Å². The fraction of sp³-hybridized carbons (Fsp3) is 0.357. The summed E-state index contributed by atoms with van der Waals surface area (Å²) >= 11 is 0. The molecule has 0 bridgehead atoms. The van der Waals surface area contributed by atoms with Gasteiger partial charge in [-0.05, 0) is 18.6 Å². The molecular weight excluding hydrogens is 292 g/mol. The molecular formula is C14H18N2O4S. The number of nitrogens with one attached hydrogen (secondary N) is 2. The number of sulfonamides is 1. The highest BCUT2D eigenvalue weighted by Gasteiger charge is 2.16. The van der Waals surface area contributed by atoms with Crippen molar-refractivity contribution in [2.75, 3.05) is 26.0 Å². The monoisotopic (exact) mass is 310 g/mol. The van der Waals surface area contributed by atoms with E-state index in [0.717, 1.165) is 17.6 Å². The Balaban J connectivity index is 1.81. The lowest BCUT2D eigenvalue weighted by atomic mass is 10.1. The minimum atomic E-state index is -3.17. The molecule has 114 valence electrons. The lowest BCUT2D eigenvalue weighted by molar-refractivity contribution is -0.117. The second-order valence-corrected chi connectivity index (χ2v) is 6.61. The van der Waals surface area contributed by atoms with Gasteiger partial charge in [-0.15, -0.1) is 0 Å². The zero-order chi connectivity index (χ0) is 15.3. The standard InChI is InChI=1S/C14H18N2O4S/c1-21(18,19)16-8-4-7-15-14(17)12-9-11-5-2-3-6-13(11)20-10-12/h2-3,5-6,9,16H,4,7-8,10H2,1H3,(H,15,17). The third kappa shape index (κ3) is 4.87. The Morgan fingerprint density at radius 1 is 1.29 bits per heavy atom. The second-order valence-electron chi connectivity index (χ2n) is 4.77. The van der Waals surface area contributed by atoms with Gasteiger partial charge < -0.3 is 10.1 Å². The summed E-state index contributed by atoms with van der Waals surface area (Å²) < 4.78 is 29.6. The molecule has 0 fully saturated rings. The average molecular weight is 310 g/mol. The number of fused-ring (bicyclic) bond motifs is 1. The number of amides is 1. The molecule has 1 aliphatic heterocycles. The molecule has 0 aliphatic carbocycles. The van der Waals surface area contributed by atoms with E-state index < -0.39 is 10.0 Å². The number of ether oxygens (including phenoxy) is 1. The van der Waals surface area contributed by atoms with E-state index in [1.165, 1.54) is 0 Å². The number of rotatable bonds is 6. The molecule has 6 nitrogen and oxygen atoms in total. The molecule has 2 N–H and O–H groups in total. The van der Waals surface area contributed by atoms with Gasteiger partial charge in [-0.1, -0.05) is 18.2 Å². The van der Waals surface area contributed by atoms with Crippen LogP contribution < -0.4 is 14.8 Å². The molecule has 0 spiro atoms. The summed E-state index contributed by atoms with van der Waals surface area (Å²) in [6.07, 6.45) is 3.44. The van der Waals surface area contributed by atoms with Crippen molar-refractivity contribution in [2.45, 2.75) is 6.42 Å².